The first kappa shape index (κ1) is 14.3. The summed E-state index contributed by atoms with van der Waals surface area (Å²) in [6.45, 7) is 0.597. The Morgan fingerprint density at radius 2 is 2.20 bits per heavy atom. The summed E-state index contributed by atoms with van der Waals surface area (Å²) in [4.78, 5) is 36.4. The molecule has 6 heteroatoms. The molecule has 1 aliphatic heterocycles. The highest BCUT2D eigenvalue weighted by Crippen LogP contribution is 2.22. The molecule has 1 aromatic heterocycles. The average molecular weight is 279 g/mol. The van der Waals surface area contributed by atoms with Crippen LogP contribution in [0.15, 0.2) is 27.6 Å². The second-order valence-corrected chi connectivity index (χ2v) is 4.77. The molecule has 0 radical (unpaired) electrons. The van der Waals surface area contributed by atoms with Gasteiger partial charge in [-0.25, -0.2) is 4.79 Å². The Kier molecular flexibility index (Phi) is 4.55. The highest BCUT2D eigenvalue weighted by atomic mass is 16.5. The van der Waals surface area contributed by atoms with Gasteiger partial charge in [0.05, 0.1) is 19.1 Å². The van der Waals surface area contributed by atoms with E-state index in [1.807, 2.05) is 0 Å². The minimum Gasteiger partial charge on any atom is -0.469 e. The van der Waals surface area contributed by atoms with Gasteiger partial charge in [-0.1, -0.05) is 0 Å². The van der Waals surface area contributed by atoms with Gasteiger partial charge >= 0.3 is 11.6 Å². The van der Waals surface area contributed by atoms with Crippen LogP contribution in [0.4, 0.5) is 0 Å². The fraction of sp³-hybridized carbons (Fsp3) is 0.500. The van der Waals surface area contributed by atoms with Crippen LogP contribution in [0.25, 0.3) is 0 Å². The fourth-order valence-electron chi connectivity index (χ4n) is 2.40. The van der Waals surface area contributed by atoms with Gasteiger partial charge < -0.3 is 14.1 Å². The molecule has 0 N–H and O–H groups in total. The van der Waals surface area contributed by atoms with E-state index in [1.54, 1.807) is 4.90 Å². The Bertz CT molecular complexity index is 530. The van der Waals surface area contributed by atoms with Gasteiger partial charge in [-0.2, -0.15) is 0 Å². The lowest BCUT2D eigenvalue weighted by Gasteiger charge is -2.35. The first-order chi connectivity index (χ1) is 9.61. The Labute approximate surface area is 116 Å². The van der Waals surface area contributed by atoms with Crippen LogP contribution >= 0.6 is 0 Å². The summed E-state index contributed by atoms with van der Waals surface area (Å²) in [5.41, 5.74) is -0.173. The normalized spacial score (nSPS) is 18.6. The second-order valence-electron chi connectivity index (χ2n) is 4.77. The van der Waals surface area contributed by atoms with Crippen molar-refractivity contribution >= 4 is 11.9 Å². The minimum absolute atomic E-state index is 0.157. The van der Waals surface area contributed by atoms with E-state index >= 15 is 0 Å². The number of methoxy groups -OCH3 is 1. The van der Waals surface area contributed by atoms with E-state index in [0.717, 1.165) is 25.5 Å². The van der Waals surface area contributed by atoms with Gasteiger partial charge in [0.1, 0.15) is 6.26 Å². The maximum atomic E-state index is 12.4. The quantitative estimate of drug-likeness (QED) is 0.777. The number of rotatable bonds is 3. The molecule has 0 saturated carbocycles. The number of piperidine rings is 1. The van der Waals surface area contributed by atoms with Crippen molar-refractivity contribution < 1.29 is 18.7 Å². The van der Waals surface area contributed by atoms with E-state index in [0.29, 0.717) is 12.1 Å². The molecule has 1 fully saturated rings. The molecule has 20 heavy (non-hydrogen) atoms. The number of likely N-dealkylation sites (tertiary alicyclic amines) is 1. The van der Waals surface area contributed by atoms with E-state index in [4.69, 9.17) is 4.42 Å². The zero-order valence-electron chi connectivity index (χ0n) is 11.3. The summed E-state index contributed by atoms with van der Waals surface area (Å²) < 4.78 is 9.38. The molecule has 108 valence electrons. The molecular weight excluding hydrogens is 262 g/mol. The van der Waals surface area contributed by atoms with Crippen molar-refractivity contribution in [2.24, 2.45) is 0 Å². The number of hydrogen-bond acceptors (Lipinski definition) is 5. The van der Waals surface area contributed by atoms with Crippen molar-refractivity contribution in [1.82, 2.24) is 4.90 Å². The lowest BCUT2D eigenvalue weighted by atomic mass is 9.98. The van der Waals surface area contributed by atoms with Gasteiger partial charge in [0.2, 0.25) is 0 Å². The second kappa shape index (κ2) is 6.36. The van der Waals surface area contributed by atoms with Crippen LogP contribution in [-0.4, -0.2) is 36.5 Å². The van der Waals surface area contributed by atoms with Crippen LogP contribution in [0.3, 0.4) is 0 Å². The van der Waals surface area contributed by atoms with E-state index < -0.39 is 5.63 Å². The highest BCUT2D eigenvalue weighted by molar-refractivity contribution is 5.94. The molecule has 1 atom stereocenters. The Morgan fingerprint density at radius 1 is 1.40 bits per heavy atom. The van der Waals surface area contributed by atoms with Crippen LogP contribution in [0.5, 0.6) is 0 Å². The van der Waals surface area contributed by atoms with Crippen molar-refractivity contribution in [2.75, 3.05) is 13.7 Å². The Hall–Kier alpha value is -2.11. The van der Waals surface area contributed by atoms with Crippen molar-refractivity contribution in [1.29, 1.82) is 0 Å². The molecule has 2 heterocycles. The molecule has 1 aliphatic rings. The summed E-state index contributed by atoms with van der Waals surface area (Å²) in [5.74, 6) is -0.545. The predicted octanol–water partition coefficient (Wildman–Crippen LogP) is 1.20. The lowest BCUT2D eigenvalue weighted by molar-refractivity contribution is -0.142. The number of nitrogens with zero attached hydrogens (tertiary/aromatic N) is 1. The molecule has 2 rings (SSSR count). The highest BCUT2D eigenvalue weighted by Gasteiger charge is 2.29. The first-order valence-corrected chi connectivity index (χ1v) is 6.58. The third kappa shape index (κ3) is 3.26. The Morgan fingerprint density at radius 3 is 2.85 bits per heavy atom. The van der Waals surface area contributed by atoms with Crippen LogP contribution in [-0.2, 0) is 9.53 Å². The molecule has 6 nitrogen and oxygen atoms in total. The van der Waals surface area contributed by atoms with Crippen molar-refractivity contribution in [3.63, 3.8) is 0 Å². The van der Waals surface area contributed by atoms with Gasteiger partial charge in [-0.3, -0.25) is 9.59 Å². The van der Waals surface area contributed by atoms with Crippen molar-refractivity contribution in [3.05, 3.63) is 34.4 Å². The predicted molar refractivity (Wildman–Crippen MR) is 70.3 cm³/mol. The number of carbonyl (C=O) groups excluding carboxylic acids is 2. The third-order valence-electron chi connectivity index (χ3n) is 3.47. The first-order valence-electron chi connectivity index (χ1n) is 6.58. The summed E-state index contributed by atoms with van der Waals surface area (Å²) in [7, 11) is 1.34. The third-order valence-corrected chi connectivity index (χ3v) is 3.47. The minimum atomic E-state index is -0.494. The van der Waals surface area contributed by atoms with Crippen LogP contribution in [0.1, 0.15) is 36.0 Å². The molecule has 1 saturated heterocycles. The Balaban J connectivity index is 2.14. The molecule has 0 bridgehead atoms. The molecule has 0 spiro atoms. The van der Waals surface area contributed by atoms with E-state index in [2.05, 4.69) is 4.74 Å². The number of carbonyl (C=O) groups is 2. The van der Waals surface area contributed by atoms with E-state index in [-0.39, 0.29) is 24.3 Å². The topological polar surface area (TPSA) is 76.8 Å². The van der Waals surface area contributed by atoms with Crippen molar-refractivity contribution in [3.8, 4) is 0 Å². The zero-order valence-corrected chi connectivity index (χ0v) is 11.3. The van der Waals surface area contributed by atoms with Gasteiger partial charge in [0, 0.05) is 18.7 Å². The molecule has 1 aromatic rings. The molecule has 0 aromatic carbocycles. The fourth-order valence-corrected chi connectivity index (χ4v) is 2.40. The maximum Gasteiger partial charge on any atom is 0.335 e. The lowest BCUT2D eigenvalue weighted by Crippen LogP contribution is -2.44. The number of hydrogen-bond donors (Lipinski definition) is 0. The van der Waals surface area contributed by atoms with Crippen LogP contribution in [0.2, 0.25) is 0 Å². The SMILES string of the molecule is COC(=O)CC1CCCCN1C(=O)c1ccc(=O)oc1. The number of esters is 1. The molecule has 0 aliphatic carbocycles. The molecule has 1 unspecified atom stereocenters. The van der Waals surface area contributed by atoms with Crippen LogP contribution in [0, 0.1) is 0 Å². The molecule has 1 amide bonds. The van der Waals surface area contributed by atoms with Crippen molar-refractivity contribution in [2.45, 2.75) is 31.7 Å². The number of ether oxygens (including phenoxy) is 1. The van der Waals surface area contributed by atoms with E-state index in [1.165, 1.54) is 19.2 Å². The average Bonchev–Trinajstić information content (AvgIpc) is 2.48. The largest absolute Gasteiger partial charge is 0.469 e. The van der Waals surface area contributed by atoms with Gasteiger partial charge in [0.15, 0.2) is 0 Å². The summed E-state index contributed by atoms with van der Waals surface area (Å²) in [6.07, 6.45) is 4.01. The monoisotopic (exact) mass is 279 g/mol. The zero-order chi connectivity index (χ0) is 14.5. The maximum absolute atomic E-state index is 12.4. The summed E-state index contributed by atoms with van der Waals surface area (Å²) in [5, 5.41) is 0. The summed E-state index contributed by atoms with van der Waals surface area (Å²) >= 11 is 0. The van der Waals surface area contributed by atoms with Gasteiger partial charge in [0.25, 0.3) is 5.91 Å². The summed E-state index contributed by atoms with van der Waals surface area (Å²) in [6, 6.07) is 2.50. The van der Waals surface area contributed by atoms with Gasteiger partial charge in [-0.05, 0) is 25.3 Å². The van der Waals surface area contributed by atoms with Gasteiger partial charge in [-0.15, -0.1) is 0 Å². The van der Waals surface area contributed by atoms with E-state index in [9.17, 15) is 14.4 Å². The smallest absolute Gasteiger partial charge is 0.335 e. The van der Waals surface area contributed by atoms with Crippen LogP contribution < -0.4 is 5.63 Å². The molecular formula is C14H17NO5. The standard InChI is InChI=1S/C14H17NO5/c1-19-13(17)8-11-4-2-3-7-15(11)14(18)10-5-6-12(16)20-9-10/h5-6,9,11H,2-4,7-8H2,1H3. The number of amides is 1.